The summed E-state index contributed by atoms with van der Waals surface area (Å²) in [6, 6.07) is 4.86. The van der Waals surface area contributed by atoms with E-state index in [9.17, 15) is 4.79 Å². The van der Waals surface area contributed by atoms with Crippen molar-refractivity contribution in [2.75, 3.05) is 0 Å². The minimum absolute atomic E-state index is 0.00394. The van der Waals surface area contributed by atoms with Gasteiger partial charge in [0.1, 0.15) is 6.07 Å². The lowest BCUT2D eigenvalue weighted by atomic mass is 10.0. The van der Waals surface area contributed by atoms with Crippen LogP contribution in [-0.4, -0.2) is 11.1 Å². The topological polar surface area (TPSA) is 61.1 Å². The monoisotopic (exact) mass is 273 g/mol. The van der Waals surface area contributed by atoms with E-state index in [2.05, 4.69) is 15.9 Å². The van der Waals surface area contributed by atoms with Crippen molar-refractivity contribution in [3.63, 3.8) is 0 Å². The molecule has 0 aliphatic heterocycles. The zero-order valence-corrected chi connectivity index (χ0v) is 9.26. The molecule has 0 bridgehead atoms. The number of rotatable bonds is 2. The predicted molar refractivity (Wildman–Crippen MR) is 55.4 cm³/mol. The summed E-state index contributed by atoms with van der Waals surface area (Å²) in [7, 11) is 0. The number of nitrogens with zero attached hydrogens (tertiary/aromatic N) is 1. The Morgan fingerprint density at radius 1 is 1.64 bits per heavy atom. The summed E-state index contributed by atoms with van der Waals surface area (Å²) in [5.74, 6) is -1.08. The van der Waals surface area contributed by atoms with Crippen LogP contribution in [0.25, 0.3) is 0 Å². The zero-order chi connectivity index (χ0) is 10.7. The van der Waals surface area contributed by atoms with E-state index in [1.54, 1.807) is 0 Å². The van der Waals surface area contributed by atoms with Crippen LogP contribution in [0.4, 0.5) is 0 Å². The first-order valence-electron chi connectivity index (χ1n) is 3.62. The second-order valence-corrected chi connectivity index (χ2v) is 3.62. The maximum Gasteiger partial charge on any atom is 0.336 e. The van der Waals surface area contributed by atoms with Gasteiger partial charge in [-0.15, -0.1) is 11.6 Å². The number of halogens is 2. The highest BCUT2D eigenvalue weighted by atomic mass is 79.9. The molecule has 1 N–H and O–H groups in total. The smallest absolute Gasteiger partial charge is 0.336 e. The first kappa shape index (κ1) is 11.0. The van der Waals surface area contributed by atoms with E-state index < -0.39 is 5.97 Å². The van der Waals surface area contributed by atoms with E-state index in [4.69, 9.17) is 22.0 Å². The molecule has 3 nitrogen and oxygen atoms in total. The van der Waals surface area contributed by atoms with Gasteiger partial charge in [-0.2, -0.15) is 5.26 Å². The third-order valence-corrected chi connectivity index (χ3v) is 2.67. The molecule has 1 rings (SSSR count). The first-order valence-corrected chi connectivity index (χ1v) is 4.95. The number of alkyl halides is 1. The largest absolute Gasteiger partial charge is 0.478 e. The van der Waals surface area contributed by atoms with Crippen molar-refractivity contribution < 1.29 is 9.90 Å². The van der Waals surface area contributed by atoms with Gasteiger partial charge in [-0.05, 0) is 28.1 Å². The van der Waals surface area contributed by atoms with E-state index in [0.717, 1.165) is 0 Å². The minimum atomic E-state index is -1.08. The molecular formula is C9H5BrClNO2. The molecule has 0 spiro atoms. The molecule has 0 fully saturated rings. The number of hydrogen-bond donors (Lipinski definition) is 1. The summed E-state index contributed by atoms with van der Waals surface area (Å²) in [4.78, 5) is 10.8. The van der Waals surface area contributed by atoms with Crippen LogP contribution in [-0.2, 0) is 5.88 Å². The molecule has 0 aromatic heterocycles. The summed E-state index contributed by atoms with van der Waals surface area (Å²) >= 11 is 8.75. The molecule has 1 aromatic rings. The summed E-state index contributed by atoms with van der Waals surface area (Å²) in [6.07, 6.45) is 0. The van der Waals surface area contributed by atoms with Gasteiger partial charge in [0.25, 0.3) is 0 Å². The van der Waals surface area contributed by atoms with Gasteiger partial charge in [-0.3, -0.25) is 0 Å². The Hall–Kier alpha value is -1.05. The molecule has 72 valence electrons. The van der Waals surface area contributed by atoms with E-state index >= 15 is 0 Å². The van der Waals surface area contributed by atoms with E-state index in [1.165, 1.54) is 12.1 Å². The number of aromatic carboxylic acids is 1. The molecule has 0 unspecified atom stereocenters. The maximum absolute atomic E-state index is 10.8. The normalized spacial score (nSPS) is 9.50. The van der Waals surface area contributed by atoms with E-state index in [0.29, 0.717) is 10.0 Å². The molecule has 14 heavy (non-hydrogen) atoms. The molecular weight excluding hydrogens is 269 g/mol. The van der Waals surface area contributed by atoms with E-state index in [-0.39, 0.29) is 17.0 Å². The third kappa shape index (κ3) is 1.89. The molecule has 1 aromatic carbocycles. The van der Waals surface area contributed by atoms with Gasteiger partial charge in [0.05, 0.1) is 11.1 Å². The third-order valence-electron chi connectivity index (χ3n) is 1.74. The Balaban J connectivity index is 3.50. The average molecular weight is 275 g/mol. The molecule has 0 aliphatic carbocycles. The summed E-state index contributed by atoms with van der Waals surface area (Å²) in [5.41, 5.74) is 0.690. The first-order chi connectivity index (χ1) is 6.61. The number of carboxylic acids is 1. The van der Waals surface area contributed by atoms with Crippen molar-refractivity contribution in [2.45, 2.75) is 5.88 Å². The Morgan fingerprint density at radius 3 is 2.71 bits per heavy atom. The van der Waals surface area contributed by atoms with Crippen LogP contribution in [0.1, 0.15) is 21.5 Å². The maximum atomic E-state index is 10.8. The van der Waals surface area contributed by atoms with Crippen molar-refractivity contribution in [2.24, 2.45) is 0 Å². The molecule has 0 aliphatic rings. The zero-order valence-electron chi connectivity index (χ0n) is 6.92. The van der Waals surface area contributed by atoms with Crippen LogP contribution in [0.5, 0.6) is 0 Å². The fourth-order valence-electron chi connectivity index (χ4n) is 1.08. The average Bonchev–Trinajstić information content (AvgIpc) is 2.16. The molecule has 0 saturated carbocycles. The van der Waals surface area contributed by atoms with Gasteiger partial charge in [0.2, 0.25) is 0 Å². The molecule has 0 amide bonds. The molecule has 0 atom stereocenters. The quantitative estimate of drug-likeness (QED) is 0.844. The van der Waals surface area contributed by atoms with Crippen LogP contribution in [0.2, 0.25) is 0 Å². The van der Waals surface area contributed by atoms with Crippen molar-refractivity contribution in [3.8, 4) is 6.07 Å². The summed E-state index contributed by atoms with van der Waals surface area (Å²) < 4.78 is 0.556. The molecule has 5 heteroatoms. The molecule has 0 saturated heterocycles. The lowest BCUT2D eigenvalue weighted by Gasteiger charge is -2.05. The number of benzene rings is 1. The Kier molecular flexibility index (Phi) is 3.50. The summed E-state index contributed by atoms with van der Waals surface area (Å²) in [6.45, 7) is 0. The lowest BCUT2D eigenvalue weighted by Crippen LogP contribution is -2.03. The lowest BCUT2D eigenvalue weighted by molar-refractivity contribution is 0.0696. The van der Waals surface area contributed by atoms with Gasteiger partial charge < -0.3 is 5.11 Å². The van der Waals surface area contributed by atoms with Gasteiger partial charge in [0, 0.05) is 15.9 Å². The standard InChI is InChI=1S/C9H5BrClNO2/c10-8-2-1-5(9(13)14)6(3-11)7(8)4-12/h1-2H,3H2,(H,13,14). The molecule has 0 heterocycles. The van der Waals surface area contributed by atoms with Crippen LogP contribution in [0.3, 0.4) is 0 Å². The highest BCUT2D eigenvalue weighted by Gasteiger charge is 2.15. The fraction of sp³-hybridized carbons (Fsp3) is 0.111. The Labute approximate surface area is 94.0 Å². The fourth-order valence-corrected chi connectivity index (χ4v) is 1.82. The Morgan fingerprint density at radius 2 is 2.29 bits per heavy atom. The number of carbonyl (C=O) groups is 1. The van der Waals surface area contributed by atoms with Gasteiger partial charge >= 0.3 is 5.97 Å². The van der Waals surface area contributed by atoms with Crippen molar-refractivity contribution in [1.29, 1.82) is 5.26 Å². The predicted octanol–water partition coefficient (Wildman–Crippen LogP) is 2.76. The van der Waals surface area contributed by atoms with Crippen LogP contribution in [0.15, 0.2) is 16.6 Å². The molecule has 0 radical (unpaired) electrons. The van der Waals surface area contributed by atoms with Crippen molar-refractivity contribution in [3.05, 3.63) is 33.3 Å². The van der Waals surface area contributed by atoms with Crippen molar-refractivity contribution >= 4 is 33.5 Å². The SMILES string of the molecule is N#Cc1c(Br)ccc(C(=O)O)c1CCl. The number of nitriles is 1. The Bertz CT molecular complexity index is 426. The second kappa shape index (κ2) is 4.45. The van der Waals surface area contributed by atoms with Gasteiger partial charge in [-0.25, -0.2) is 4.79 Å². The van der Waals surface area contributed by atoms with Crippen LogP contribution in [0, 0.1) is 11.3 Å². The van der Waals surface area contributed by atoms with Crippen LogP contribution >= 0.6 is 27.5 Å². The van der Waals surface area contributed by atoms with E-state index in [1.807, 2.05) is 6.07 Å². The minimum Gasteiger partial charge on any atom is -0.478 e. The van der Waals surface area contributed by atoms with Crippen LogP contribution < -0.4 is 0 Å². The highest BCUT2D eigenvalue weighted by Crippen LogP contribution is 2.24. The second-order valence-electron chi connectivity index (χ2n) is 2.50. The van der Waals surface area contributed by atoms with Gasteiger partial charge in [-0.1, -0.05) is 0 Å². The highest BCUT2D eigenvalue weighted by molar-refractivity contribution is 9.10. The number of carboxylic acid groups (broad SMARTS) is 1. The summed E-state index contributed by atoms with van der Waals surface area (Å²) in [5, 5.41) is 17.6. The number of hydrogen-bond acceptors (Lipinski definition) is 2. The van der Waals surface area contributed by atoms with Gasteiger partial charge in [0.15, 0.2) is 0 Å². The van der Waals surface area contributed by atoms with Crippen molar-refractivity contribution in [1.82, 2.24) is 0 Å².